The zero-order valence-corrected chi connectivity index (χ0v) is 15.9. The Morgan fingerprint density at radius 2 is 2.08 bits per heavy atom. The van der Waals surface area contributed by atoms with E-state index in [1.54, 1.807) is 6.20 Å². The Balaban J connectivity index is 1.82. The molecule has 1 aromatic heterocycles. The van der Waals surface area contributed by atoms with Gasteiger partial charge in [-0.15, -0.1) is 0 Å². The molecule has 1 aliphatic carbocycles. The van der Waals surface area contributed by atoms with Crippen LogP contribution in [0.2, 0.25) is 0 Å². The largest absolute Gasteiger partial charge is 0.477 e. The minimum atomic E-state index is 0.165. The number of aliphatic imine (C=N–C) groups is 1. The fourth-order valence-electron chi connectivity index (χ4n) is 2.35. The lowest BCUT2D eigenvalue weighted by Gasteiger charge is -2.13. The summed E-state index contributed by atoms with van der Waals surface area (Å²) in [7, 11) is 0. The molecule has 0 radical (unpaired) electrons. The van der Waals surface area contributed by atoms with Crippen molar-refractivity contribution in [2.45, 2.75) is 46.1 Å². The van der Waals surface area contributed by atoms with Gasteiger partial charge in [-0.3, -0.25) is 4.79 Å². The molecule has 1 aromatic rings. The average molecular weight is 361 g/mol. The lowest BCUT2D eigenvalue weighted by Crippen LogP contribution is -2.41. The van der Waals surface area contributed by atoms with Crippen molar-refractivity contribution in [2.24, 2.45) is 10.9 Å². The summed E-state index contributed by atoms with van der Waals surface area (Å²) in [6, 6.07) is 3.88. The number of nitrogens with zero attached hydrogens (tertiary/aromatic N) is 2. The first-order valence-electron chi connectivity index (χ1n) is 9.61. The van der Waals surface area contributed by atoms with Crippen LogP contribution in [-0.4, -0.2) is 43.1 Å². The van der Waals surface area contributed by atoms with Gasteiger partial charge in [-0.05, 0) is 32.3 Å². The van der Waals surface area contributed by atoms with E-state index in [9.17, 15) is 4.79 Å². The maximum atomic E-state index is 11.6. The minimum Gasteiger partial charge on any atom is -0.477 e. The number of carbonyl (C=O) groups is 1. The molecule has 0 aromatic carbocycles. The Morgan fingerprint density at radius 3 is 2.81 bits per heavy atom. The van der Waals surface area contributed by atoms with Crippen molar-refractivity contribution in [2.75, 3.05) is 26.2 Å². The minimum absolute atomic E-state index is 0.165. The first kappa shape index (κ1) is 20.0. The maximum Gasteiger partial charge on any atom is 0.223 e. The van der Waals surface area contributed by atoms with Crippen LogP contribution in [-0.2, 0) is 11.3 Å². The first-order chi connectivity index (χ1) is 12.7. The second-order valence-corrected chi connectivity index (χ2v) is 6.36. The van der Waals surface area contributed by atoms with Crippen LogP contribution in [0.15, 0.2) is 23.3 Å². The molecule has 1 amide bonds. The van der Waals surface area contributed by atoms with Crippen LogP contribution in [0.3, 0.4) is 0 Å². The van der Waals surface area contributed by atoms with E-state index in [0.717, 1.165) is 43.8 Å². The summed E-state index contributed by atoms with van der Waals surface area (Å²) in [6.07, 6.45) is 5.89. The Kier molecular flexibility index (Phi) is 8.72. The topological polar surface area (TPSA) is 87.6 Å². The van der Waals surface area contributed by atoms with Crippen LogP contribution in [0.5, 0.6) is 5.88 Å². The number of hydrogen-bond donors (Lipinski definition) is 3. The lowest BCUT2D eigenvalue weighted by atomic mass is 10.3. The molecular formula is C19H31N5O2. The van der Waals surface area contributed by atoms with Crippen LogP contribution in [0, 0.1) is 5.92 Å². The molecule has 1 fully saturated rings. The fraction of sp³-hybridized carbons (Fsp3) is 0.632. The zero-order valence-electron chi connectivity index (χ0n) is 15.9. The van der Waals surface area contributed by atoms with Crippen LogP contribution in [0.1, 0.15) is 45.1 Å². The van der Waals surface area contributed by atoms with Gasteiger partial charge in [0.1, 0.15) is 0 Å². The maximum absolute atomic E-state index is 11.6. The lowest BCUT2D eigenvalue weighted by molar-refractivity contribution is -0.122. The number of aromatic nitrogens is 1. The molecule has 0 saturated heterocycles. The molecule has 0 atom stereocenters. The number of rotatable bonds is 11. The van der Waals surface area contributed by atoms with Crippen LogP contribution in [0.25, 0.3) is 0 Å². The molecule has 0 aliphatic heterocycles. The Morgan fingerprint density at radius 1 is 1.27 bits per heavy atom. The first-order valence-corrected chi connectivity index (χ1v) is 9.61. The quantitative estimate of drug-likeness (QED) is 0.318. The number of unbranched alkanes of at least 4 members (excludes halogenated alkanes) is 1. The molecule has 2 rings (SSSR count). The van der Waals surface area contributed by atoms with Crippen molar-refractivity contribution < 1.29 is 9.53 Å². The van der Waals surface area contributed by atoms with Gasteiger partial charge in [0.15, 0.2) is 5.96 Å². The molecule has 0 spiro atoms. The molecule has 0 unspecified atom stereocenters. The number of ether oxygens (including phenoxy) is 1. The van der Waals surface area contributed by atoms with Gasteiger partial charge in [0.25, 0.3) is 0 Å². The molecule has 3 N–H and O–H groups in total. The summed E-state index contributed by atoms with van der Waals surface area (Å²) in [5, 5.41) is 9.39. The van der Waals surface area contributed by atoms with Gasteiger partial charge < -0.3 is 20.7 Å². The summed E-state index contributed by atoms with van der Waals surface area (Å²) >= 11 is 0. The van der Waals surface area contributed by atoms with Crippen molar-refractivity contribution in [1.29, 1.82) is 0 Å². The zero-order chi connectivity index (χ0) is 18.6. The highest BCUT2D eigenvalue weighted by molar-refractivity contribution is 5.81. The molecule has 7 heteroatoms. The van der Waals surface area contributed by atoms with Gasteiger partial charge in [-0.1, -0.05) is 19.4 Å². The van der Waals surface area contributed by atoms with E-state index in [1.165, 1.54) is 0 Å². The molecule has 7 nitrogen and oxygen atoms in total. The molecule has 1 aliphatic rings. The third-order valence-corrected chi connectivity index (χ3v) is 4.00. The van der Waals surface area contributed by atoms with E-state index < -0.39 is 0 Å². The number of hydrogen-bond acceptors (Lipinski definition) is 4. The van der Waals surface area contributed by atoms with Gasteiger partial charge >= 0.3 is 0 Å². The summed E-state index contributed by atoms with van der Waals surface area (Å²) in [5.41, 5.74) is 0.961. The Hall–Kier alpha value is -2.31. The van der Waals surface area contributed by atoms with Crippen LogP contribution >= 0.6 is 0 Å². The molecule has 0 bridgehead atoms. The van der Waals surface area contributed by atoms with E-state index in [4.69, 9.17) is 4.74 Å². The predicted molar refractivity (Wildman–Crippen MR) is 103 cm³/mol. The third-order valence-electron chi connectivity index (χ3n) is 4.00. The van der Waals surface area contributed by atoms with E-state index in [-0.39, 0.29) is 11.8 Å². The van der Waals surface area contributed by atoms with Gasteiger partial charge in [0.2, 0.25) is 11.8 Å². The number of guanidine groups is 1. The average Bonchev–Trinajstić information content (AvgIpc) is 3.49. The highest BCUT2D eigenvalue weighted by Crippen LogP contribution is 2.28. The number of carbonyl (C=O) groups excluding carboxylic acids is 1. The Labute approximate surface area is 156 Å². The second-order valence-electron chi connectivity index (χ2n) is 6.36. The van der Waals surface area contributed by atoms with Gasteiger partial charge in [-0.25, -0.2) is 9.98 Å². The summed E-state index contributed by atoms with van der Waals surface area (Å²) in [5.74, 6) is 1.78. The van der Waals surface area contributed by atoms with E-state index >= 15 is 0 Å². The monoisotopic (exact) mass is 361 g/mol. The molecule has 1 saturated carbocycles. The van der Waals surface area contributed by atoms with Crippen molar-refractivity contribution >= 4 is 11.9 Å². The predicted octanol–water partition coefficient (Wildman–Crippen LogP) is 1.84. The number of nitrogens with one attached hydrogen (secondary N) is 3. The van der Waals surface area contributed by atoms with Gasteiger partial charge in [0.05, 0.1) is 13.2 Å². The smallest absolute Gasteiger partial charge is 0.223 e. The van der Waals surface area contributed by atoms with Gasteiger partial charge in [-0.2, -0.15) is 0 Å². The van der Waals surface area contributed by atoms with E-state index in [0.29, 0.717) is 32.1 Å². The number of pyridine rings is 1. The van der Waals surface area contributed by atoms with E-state index in [2.05, 4.69) is 32.9 Å². The summed E-state index contributed by atoms with van der Waals surface area (Å²) < 4.78 is 5.75. The van der Waals surface area contributed by atoms with Crippen molar-refractivity contribution in [1.82, 2.24) is 20.9 Å². The van der Waals surface area contributed by atoms with Crippen LogP contribution < -0.4 is 20.7 Å². The third kappa shape index (κ3) is 7.29. The van der Waals surface area contributed by atoms with Crippen molar-refractivity contribution in [3.63, 3.8) is 0 Å². The summed E-state index contributed by atoms with van der Waals surface area (Å²) in [6.45, 7) is 7.31. The molecule has 26 heavy (non-hydrogen) atoms. The van der Waals surface area contributed by atoms with Crippen LogP contribution in [0.4, 0.5) is 0 Å². The van der Waals surface area contributed by atoms with Crippen molar-refractivity contribution in [3.8, 4) is 5.88 Å². The highest BCUT2D eigenvalue weighted by Gasteiger charge is 2.28. The molecular weight excluding hydrogens is 330 g/mol. The highest BCUT2D eigenvalue weighted by atomic mass is 16.5. The SMILES string of the molecule is CCCCOc1ncccc1CN=C(NCC)NCCNC(=O)C1CC1. The standard InChI is InChI=1S/C19H31N5O2/c1-3-5-13-26-18-16(7-6-10-22-18)14-24-19(20-4-2)23-12-11-21-17(25)15-8-9-15/h6-7,10,15H,3-5,8-9,11-14H2,1-2H3,(H,21,25)(H2,20,23,24). The fourth-order valence-corrected chi connectivity index (χ4v) is 2.35. The molecule has 1 heterocycles. The van der Waals surface area contributed by atoms with Crippen molar-refractivity contribution in [3.05, 3.63) is 23.9 Å². The molecule has 144 valence electrons. The van der Waals surface area contributed by atoms with Gasteiger partial charge in [0, 0.05) is 37.3 Å². The summed E-state index contributed by atoms with van der Waals surface area (Å²) in [4.78, 5) is 20.5. The number of amides is 1. The van der Waals surface area contributed by atoms with E-state index in [1.807, 2.05) is 19.1 Å². The normalized spacial score (nSPS) is 14.0. The second kappa shape index (κ2) is 11.3. The Bertz CT molecular complexity index is 587.